The Balaban J connectivity index is 1.19. The Hall–Kier alpha value is -3.36. The van der Waals surface area contributed by atoms with E-state index in [1.54, 1.807) is 6.92 Å². The first-order chi connectivity index (χ1) is 19.2. The number of rotatable bonds is 3. The summed E-state index contributed by atoms with van der Waals surface area (Å²) in [6.45, 7) is 8.28. The molecular weight excluding hydrogens is 530 g/mol. The molecule has 10 nitrogen and oxygen atoms in total. The fourth-order valence-electron chi connectivity index (χ4n) is 6.26. The van der Waals surface area contributed by atoms with E-state index in [-0.39, 0.29) is 29.6 Å². The highest BCUT2D eigenvalue weighted by Gasteiger charge is 2.40. The third kappa shape index (κ3) is 5.10. The Kier molecular flexibility index (Phi) is 7.09. The van der Waals surface area contributed by atoms with Crippen LogP contribution in [0.1, 0.15) is 55.4 Å². The van der Waals surface area contributed by atoms with Crippen LogP contribution >= 0.6 is 0 Å². The lowest BCUT2D eigenvalue weighted by Gasteiger charge is -2.44. The van der Waals surface area contributed by atoms with Gasteiger partial charge in [0.15, 0.2) is 9.84 Å². The van der Waals surface area contributed by atoms with Crippen LogP contribution in [0.2, 0.25) is 0 Å². The van der Waals surface area contributed by atoms with Gasteiger partial charge >= 0.3 is 0 Å². The lowest BCUT2D eigenvalue weighted by atomic mass is 9.68. The lowest BCUT2D eigenvalue weighted by molar-refractivity contribution is -0.137. The number of ether oxygens (including phenoxy) is 2. The van der Waals surface area contributed by atoms with Crippen LogP contribution in [0, 0.1) is 24.7 Å². The van der Waals surface area contributed by atoms with Crippen molar-refractivity contribution in [2.45, 2.75) is 51.7 Å². The van der Waals surface area contributed by atoms with E-state index in [1.165, 1.54) is 11.9 Å². The number of fused-ring (bicyclic) bond motifs is 2. The molecule has 3 fully saturated rings. The summed E-state index contributed by atoms with van der Waals surface area (Å²) in [7, 11) is -3.01. The molecule has 1 saturated carbocycles. The maximum Gasteiger partial charge on any atom is 0.298 e. The van der Waals surface area contributed by atoms with Gasteiger partial charge in [0.25, 0.3) is 5.91 Å². The molecule has 6 rings (SSSR count). The first kappa shape index (κ1) is 26.8. The fraction of sp³-hybridized carbons (Fsp3) is 0.552. The predicted octanol–water partition coefficient (Wildman–Crippen LogP) is 2.96. The Morgan fingerprint density at radius 3 is 2.67 bits per heavy atom. The number of hydrogen-bond donors (Lipinski definition) is 1. The average molecular weight is 566 g/mol. The zero-order valence-corrected chi connectivity index (χ0v) is 24.0. The summed E-state index contributed by atoms with van der Waals surface area (Å²) < 4.78 is 36.5. The molecule has 1 N–H and O–H groups in total. The molecule has 3 aliphatic heterocycles. The first-order valence-corrected chi connectivity index (χ1v) is 15.8. The van der Waals surface area contributed by atoms with Crippen LogP contribution in [0.15, 0.2) is 18.5 Å². The van der Waals surface area contributed by atoms with E-state index in [9.17, 15) is 13.2 Å². The van der Waals surface area contributed by atoms with Crippen molar-refractivity contribution in [3.63, 3.8) is 0 Å². The van der Waals surface area contributed by atoms with E-state index in [4.69, 9.17) is 9.47 Å². The van der Waals surface area contributed by atoms with Gasteiger partial charge in [-0.05, 0) is 68.6 Å². The monoisotopic (exact) mass is 565 g/mol. The molecule has 1 unspecified atom stereocenters. The van der Waals surface area contributed by atoms with Gasteiger partial charge in [-0.15, -0.1) is 0 Å². The predicted molar refractivity (Wildman–Crippen MR) is 152 cm³/mol. The number of aromatic nitrogens is 2. The standard InChI is InChI=1S/C29H35N5O5S/c1-4-5-25(35)34-6-9-38-24(16-34)22-13-21(14-22)20-12-18(2)27-23(15-20)32-28-26(19(3)39-27)29(31-17-30-28)33-7-10-40(36,37)11-8-33/h12,15,17,19,21-22,24H,6-11,13-14,16H2,1-3H3,(H,30,31,32)/t19-,21?,22?,24?/m1/s1. The highest BCUT2D eigenvalue weighted by molar-refractivity contribution is 7.91. The van der Waals surface area contributed by atoms with E-state index < -0.39 is 9.84 Å². The number of morpholine rings is 1. The number of nitrogens with zero attached hydrogens (tertiary/aromatic N) is 4. The Morgan fingerprint density at radius 2 is 1.93 bits per heavy atom. The van der Waals surface area contributed by atoms with Crippen LogP contribution < -0.4 is 15.0 Å². The largest absolute Gasteiger partial charge is 0.483 e. The minimum Gasteiger partial charge on any atom is -0.483 e. The second-order valence-corrected chi connectivity index (χ2v) is 13.5. The average Bonchev–Trinajstić information content (AvgIpc) is 3.04. The molecule has 2 saturated heterocycles. The minimum atomic E-state index is -3.01. The second kappa shape index (κ2) is 10.6. The summed E-state index contributed by atoms with van der Waals surface area (Å²) in [6.07, 6.45) is 3.26. The maximum atomic E-state index is 12.2. The Labute approximate surface area is 235 Å². The molecule has 212 valence electrons. The molecular formula is C29H35N5O5S. The maximum absolute atomic E-state index is 12.2. The Bertz CT molecular complexity index is 1480. The molecule has 2 aromatic rings. The number of anilines is 3. The molecule has 40 heavy (non-hydrogen) atoms. The number of amides is 1. The van der Waals surface area contributed by atoms with Crippen LogP contribution in [-0.4, -0.2) is 79.6 Å². The van der Waals surface area contributed by atoms with Crippen molar-refractivity contribution in [2.75, 3.05) is 54.5 Å². The van der Waals surface area contributed by atoms with Crippen LogP contribution in [-0.2, 0) is 19.4 Å². The molecule has 4 heterocycles. The number of benzene rings is 1. The summed E-state index contributed by atoms with van der Waals surface area (Å²) in [5.41, 5.74) is 4.00. The molecule has 1 amide bonds. The van der Waals surface area contributed by atoms with Gasteiger partial charge in [0.1, 0.15) is 29.8 Å². The van der Waals surface area contributed by atoms with Crippen LogP contribution in [0.3, 0.4) is 0 Å². The molecule has 1 aliphatic carbocycles. The lowest BCUT2D eigenvalue weighted by Crippen LogP contribution is -2.50. The van der Waals surface area contributed by atoms with Crippen molar-refractivity contribution in [2.24, 2.45) is 5.92 Å². The van der Waals surface area contributed by atoms with Crippen molar-refractivity contribution >= 4 is 33.1 Å². The first-order valence-electron chi connectivity index (χ1n) is 13.9. The van der Waals surface area contributed by atoms with Gasteiger partial charge in [0, 0.05) is 26.2 Å². The molecule has 2 atom stereocenters. The molecule has 0 radical (unpaired) electrons. The van der Waals surface area contributed by atoms with E-state index in [0.29, 0.717) is 50.4 Å². The smallest absolute Gasteiger partial charge is 0.298 e. The summed E-state index contributed by atoms with van der Waals surface area (Å²) >= 11 is 0. The fourth-order valence-corrected chi connectivity index (χ4v) is 7.46. The molecule has 1 aromatic carbocycles. The summed E-state index contributed by atoms with van der Waals surface area (Å²) in [4.78, 5) is 25.2. The van der Waals surface area contributed by atoms with Crippen molar-refractivity contribution in [3.05, 3.63) is 35.2 Å². The minimum absolute atomic E-state index is 0.0450. The van der Waals surface area contributed by atoms with Crippen molar-refractivity contribution in [3.8, 4) is 17.6 Å². The number of sulfone groups is 1. The van der Waals surface area contributed by atoms with Crippen molar-refractivity contribution in [1.82, 2.24) is 14.9 Å². The second-order valence-electron chi connectivity index (χ2n) is 11.2. The van der Waals surface area contributed by atoms with Gasteiger partial charge in [0.05, 0.1) is 35.5 Å². The topological polar surface area (TPSA) is 114 Å². The normalized spacial score (nSPS) is 27.0. The molecule has 0 spiro atoms. The number of hydrogen-bond acceptors (Lipinski definition) is 9. The number of carbonyl (C=O) groups is 1. The summed E-state index contributed by atoms with van der Waals surface area (Å²) in [5, 5.41) is 3.52. The highest BCUT2D eigenvalue weighted by Crippen LogP contribution is 2.49. The zero-order chi connectivity index (χ0) is 28.0. The van der Waals surface area contributed by atoms with Gasteiger partial charge in [-0.1, -0.05) is 12.0 Å². The van der Waals surface area contributed by atoms with Crippen LogP contribution in [0.4, 0.5) is 17.3 Å². The SMILES string of the molecule is CC#CC(=O)N1CCOC(C2CC(c3cc(C)c4c(c3)Nc3ncnc(N5CCS(=O)(=O)CC5)c3[C@@H](C)O4)C2)C1. The van der Waals surface area contributed by atoms with Gasteiger partial charge < -0.3 is 24.6 Å². The summed E-state index contributed by atoms with van der Waals surface area (Å²) in [5.74, 6) is 8.46. The molecule has 11 heteroatoms. The van der Waals surface area contributed by atoms with E-state index in [2.05, 4.69) is 46.2 Å². The highest BCUT2D eigenvalue weighted by atomic mass is 32.2. The van der Waals surface area contributed by atoms with Gasteiger partial charge in [-0.2, -0.15) is 0 Å². The van der Waals surface area contributed by atoms with Gasteiger partial charge in [-0.25, -0.2) is 18.4 Å². The van der Waals surface area contributed by atoms with Crippen molar-refractivity contribution in [1.29, 1.82) is 0 Å². The van der Waals surface area contributed by atoms with E-state index in [0.717, 1.165) is 41.2 Å². The Morgan fingerprint density at radius 1 is 1.15 bits per heavy atom. The van der Waals surface area contributed by atoms with E-state index >= 15 is 0 Å². The molecule has 0 bridgehead atoms. The van der Waals surface area contributed by atoms with E-state index in [1.807, 2.05) is 16.7 Å². The molecule has 1 aromatic heterocycles. The van der Waals surface area contributed by atoms with Crippen molar-refractivity contribution < 1.29 is 22.7 Å². The zero-order valence-electron chi connectivity index (χ0n) is 23.1. The molecule has 4 aliphatic rings. The number of aryl methyl sites for hydroxylation is 1. The summed E-state index contributed by atoms with van der Waals surface area (Å²) in [6, 6.07) is 4.37. The van der Waals surface area contributed by atoms with Crippen LogP contribution in [0.25, 0.3) is 0 Å². The van der Waals surface area contributed by atoms with Gasteiger partial charge in [-0.3, -0.25) is 4.79 Å². The van der Waals surface area contributed by atoms with Crippen LogP contribution in [0.5, 0.6) is 5.75 Å². The quantitative estimate of drug-likeness (QED) is 0.561. The van der Waals surface area contributed by atoms with Gasteiger partial charge in [0.2, 0.25) is 0 Å². The number of nitrogens with one attached hydrogen (secondary N) is 1. The number of carbonyl (C=O) groups excluding carboxylic acids is 1. The third-order valence-corrected chi connectivity index (χ3v) is 10.2. The third-order valence-electron chi connectivity index (χ3n) is 8.54.